The summed E-state index contributed by atoms with van der Waals surface area (Å²) < 4.78 is 0. The van der Waals surface area contributed by atoms with Crippen molar-refractivity contribution in [2.24, 2.45) is 0 Å². The van der Waals surface area contributed by atoms with Gasteiger partial charge in [-0.2, -0.15) is 0 Å². The lowest BCUT2D eigenvalue weighted by Crippen LogP contribution is -2.18. The lowest BCUT2D eigenvalue weighted by atomic mass is 10.0. The number of rotatable bonds is 12. The van der Waals surface area contributed by atoms with E-state index < -0.39 is 0 Å². The monoisotopic (exact) mass is 898 g/mol. The largest absolute Gasteiger partial charge is 0.314 e. The van der Waals surface area contributed by atoms with Crippen molar-refractivity contribution in [3.63, 3.8) is 0 Å². The third-order valence-corrected chi connectivity index (χ3v) is 12.9. The van der Waals surface area contributed by atoms with Gasteiger partial charge >= 0.3 is 0 Å². The van der Waals surface area contributed by atoms with Crippen LogP contribution in [0.2, 0.25) is 0 Å². The normalized spacial score (nSPS) is 13.5. The van der Waals surface area contributed by atoms with Crippen LogP contribution < -0.4 is 14.7 Å². The van der Waals surface area contributed by atoms with Crippen LogP contribution >= 0.6 is 0 Å². The Hall–Kier alpha value is -8.09. The first-order chi connectivity index (χ1) is 33.6. The lowest BCUT2D eigenvalue weighted by molar-refractivity contribution is 0.904. The Labute approximate surface area is 408 Å². The average Bonchev–Trinajstić information content (AvgIpc) is 3.35. The molecule has 7 aromatic carbocycles. The van der Waals surface area contributed by atoms with Crippen LogP contribution in [0.1, 0.15) is 61.8 Å². The highest BCUT2D eigenvalue weighted by Gasteiger charge is 2.21. The first kappa shape index (κ1) is 44.7. The molecule has 2 aliphatic rings. The van der Waals surface area contributed by atoms with Gasteiger partial charge in [0.25, 0.3) is 0 Å². The Morgan fingerprint density at radius 3 is 1.13 bits per heavy atom. The van der Waals surface area contributed by atoms with Gasteiger partial charge in [0.05, 0.1) is 0 Å². The van der Waals surface area contributed by atoms with Crippen molar-refractivity contribution in [2.45, 2.75) is 67.2 Å². The summed E-state index contributed by atoms with van der Waals surface area (Å²) in [6.45, 7) is 13.0. The SMILES string of the molecule is CC1=CCCC(N(c2ccc(-c3nc(-c4ccc(N(C5=CCCC(C)=C5)c5cccc(C)c5)cc4)nc(-c4ccc(N(c5cccc(C)c5)c5cccc(C)c5)cc4)n3)cc2)c2cccc(C)c2)=C1. The number of allylic oxidation sites excluding steroid dienone is 7. The summed E-state index contributed by atoms with van der Waals surface area (Å²) >= 11 is 0. The molecule has 340 valence electrons. The summed E-state index contributed by atoms with van der Waals surface area (Å²) in [6.07, 6.45) is 13.4. The van der Waals surface area contributed by atoms with Crippen LogP contribution in [0.4, 0.5) is 39.8 Å². The summed E-state index contributed by atoms with van der Waals surface area (Å²) in [4.78, 5) is 22.7. The maximum atomic E-state index is 5.23. The molecule has 0 fully saturated rings. The van der Waals surface area contributed by atoms with Crippen molar-refractivity contribution in [2.75, 3.05) is 14.7 Å². The van der Waals surface area contributed by atoms with Gasteiger partial charge in [-0.05, 0) is 223 Å². The highest BCUT2D eigenvalue weighted by molar-refractivity contribution is 5.80. The molecule has 0 saturated heterocycles. The second-order valence-corrected chi connectivity index (χ2v) is 18.6. The molecule has 0 unspecified atom stereocenters. The van der Waals surface area contributed by atoms with Crippen molar-refractivity contribution in [1.82, 2.24) is 15.0 Å². The quantitative estimate of drug-likeness (QED) is 0.122. The van der Waals surface area contributed by atoms with Gasteiger partial charge in [0.2, 0.25) is 0 Å². The Balaban J connectivity index is 1.06. The molecule has 8 aromatic rings. The molecule has 0 aliphatic heterocycles. The molecular weight excluding hydrogens is 841 g/mol. The molecular formula is C63H58N6. The maximum Gasteiger partial charge on any atom is 0.164 e. The zero-order valence-corrected chi connectivity index (χ0v) is 40.5. The molecule has 10 rings (SSSR count). The van der Waals surface area contributed by atoms with E-state index in [9.17, 15) is 0 Å². The van der Waals surface area contributed by atoms with Gasteiger partial charge < -0.3 is 14.7 Å². The van der Waals surface area contributed by atoms with Crippen molar-refractivity contribution in [3.05, 3.63) is 239 Å². The molecule has 0 spiro atoms. The molecule has 1 heterocycles. The molecule has 69 heavy (non-hydrogen) atoms. The number of hydrogen-bond donors (Lipinski definition) is 0. The van der Waals surface area contributed by atoms with Crippen molar-refractivity contribution in [1.29, 1.82) is 0 Å². The van der Waals surface area contributed by atoms with Crippen LogP contribution in [0.15, 0.2) is 217 Å². The fraction of sp³-hybridized carbons (Fsp3) is 0.159. The summed E-state index contributed by atoms with van der Waals surface area (Å²) in [5.74, 6) is 1.84. The van der Waals surface area contributed by atoms with Gasteiger partial charge in [-0.3, -0.25) is 0 Å². The Bertz CT molecular complexity index is 3240. The standard InChI is InChI=1S/C63H58N6/c1-43-13-7-19-55(37-43)67(56-20-8-14-44(2)38-56)52-31-25-49(26-32-52)61-64-62(50-27-33-53(34-28-50)68(57-21-9-15-45(3)39-57)58-22-10-16-46(4)40-58)66-63(65-61)51-29-35-54(36-30-51)69(59-23-11-17-47(5)41-59)60-24-12-18-48(6)42-60/h7-9,11,13-17,19-21,23-42H,10,12,18,22H2,1-6H3. The van der Waals surface area contributed by atoms with Crippen LogP contribution in [0.3, 0.4) is 0 Å². The smallest absolute Gasteiger partial charge is 0.164 e. The van der Waals surface area contributed by atoms with Crippen molar-refractivity contribution >= 4 is 39.8 Å². The molecule has 6 heteroatoms. The van der Waals surface area contributed by atoms with E-state index in [4.69, 9.17) is 15.0 Å². The van der Waals surface area contributed by atoms with Gasteiger partial charge in [0.15, 0.2) is 17.5 Å². The van der Waals surface area contributed by atoms with E-state index in [0.29, 0.717) is 17.5 Å². The van der Waals surface area contributed by atoms with Crippen LogP contribution in [-0.4, -0.2) is 15.0 Å². The molecule has 0 radical (unpaired) electrons. The van der Waals surface area contributed by atoms with Gasteiger partial charge in [-0.15, -0.1) is 0 Å². The Morgan fingerprint density at radius 2 is 0.725 bits per heavy atom. The predicted octanol–water partition coefficient (Wildman–Crippen LogP) is 17.1. The first-order valence-corrected chi connectivity index (χ1v) is 24.1. The molecule has 1 aromatic heterocycles. The van der Waals surface area contributed by atoms with E-state index in [-0.39, 0.29) is 0 Å². The number of hydrogen-bond acceptors (Lipinski definition) is 6. The Kier molecular flexibility index (Phi) is 12.7. The second kappa shape index (κ2) is 19.6. The summed E-state index contributed by atoms with van der Waals surface area (Å²) in [7, 11) is 0. The highest BCUT2D eigenvalue weighted by Crippen LogP contribution is 2.39. The number of anilines is 7. The number of nitrogens with zero attached hydrogens (tertiary/aromatic N) is 6. The molecule has 0 saturated carbocycles. The molecule has 0 amide bonds. The zero-order chi connectivity index (χ0) is 47.4. The first-order valence-electron chi connectivity index (χ1n) is 24.1. The Morgan fingerprint density at radius 1 is 0.348 bits per heavy atom. The van der Waals surface area contributed by atoms with Gasteiger partial charge in [-0.1, -0.05) is 71.8 Å². The minimum Gasteiger partial charge on any atom is -0.314 e. The van der Waals surface area contributed by atoms with E-state index in [2.05, 4.69) is 250 Å². The summed E-state index contributed by atoms with van der Waals surface area (Å²) in [6, 6.07) is 60.7. The topological polar surface area (TPSA) is 48.4 Å². The minimum absolute atomic E-state index is 0.609. The van der Waals surface area contributed by atoms with Gasteiger partial charge in [0.1, 0.15) is 0 Å². The fourth-order valence-corrected chi connectivity index (χ4v) is 9.49. The number of aryl methyl sites for hydroxylation is 4. The second-order valence-electron chi connectivity index (χ2n) is 18.6. The van der Waals surface area contributed by atoms with Crippen molar-refractivity contribution < 1.29 is 0 Å². The molecule has 2 aliphatic carbocycles. The number of benzene rings is 7. The van der Waals surface area contributed by atoms with Crippen molar-refractivity contribution in [3.8, 4) is 34.2 Å². The zero-order valence-electron chi connectivity index (χ0n) is 40.5. The highest BCUT2D eigenvalue weighted by atomic mass is 15.2. The predicted molar refractivity (Wildman–Crippen MR) is 289 cm³/mol. The van der Waals surface area contributed by atoms with Gasteiger partial charge in [-0.25, -0.2) is 15.0 Å². The van der Waals surface area contributed by atoms with Crippen LogP contribution in [0.5, 0.6) is 0 Å². The molecule has 0 N–H and O–H groups in total. The van der Waals surface area contributed by atoms with Gasteiger partial charge in [0, 0.05) is 67.9 Å². The minimum atomic E-state index is 0.609. The average molecular weight is 899 g/mol. The van der Waals surface area contributed by atoms with E-state index in [1.165, 1.54) is 44.8 Å². The third-order valence-electron chi connectivity index (χ3n) is 12.9. The summed E-state index contributed by atoms with van der Waals surface area (Å²) in [5.41, 5.74) is 20.4. The number of aromatic nitrogens is 3. The molecule has 6 nitrogen and oxygen atoms in total. The van der Waals surface area contributed by atoms with E-state index in [1.54, 1.807) is 0 Å². The van der Waals surface area contributed by atoms with Crippen LogP contribution in [0, 0.1) is 27.7 Å². The van der Waals surface area contributed by atoms with E-state index in [1.807, 2.05) is 0 Å². The summed E-state index contributed by atoms with van der Waals surface area (Å²) in [5, 5.41) is 0. The van der Waals surface area contributed by atoms with E-state index in [0.717, 1.165) is 82.2 Å². The maximum absolute atomic E-state index is 5.23. The fourth-order valence-electron chi connectivity index (χ4n) is 9.49. The molecule has 0 bridgehead atoms. The van der Waals surface area contributed by atoms with Crippen LogP contribution in [-0.2, 0) is 0 Å². The molecule has 0 atom stereocenters. The third kappa shape index (κ3) is 9.98. The van der Waals surface area contributed by atoms with Crippen LogP contribution in [0.25, 0.3) is 34.2 Å². The van der Waals surface area contributed by atoms with E-state index >= 15 is 0 Å². The lowest BCUT2D eigenvalue weighted by Gasteiger charge is -2.30.